The predicted octanol–water partition coefficient (Wildman–Crippen LogP) is 4.30. The molecule has 1 atom stereocenters. The Hall–Kier alpha value is -4.20. The lowest BCUT2D eigenvalue weighted by Crippen LogP contribution is -2.18. The Morgan fingerprint density at radius 3 is 2.12 bits per heavy atom. The van der Waals surface area contributed by atoms with Crippen LogP contribution in [0.2, 0.25) is 0 Å². The van der Waals surface area contributed by atoms with E-state index in [9.17, 15) is 19.5 Å². The van der Waals surface area contributed by atoms with E-state index >= 15 is 0 Å². The number of rotatable bonds is 9. The number of carboxylic acids is 1. The van der Waals surface area contributed by atoms with Crippen LogP contribution in [-0.4, -0.2) is 38.6 Å². The van der Waals surface area contributed by atoms with Crippen molar-refractivity contribution in [1.29, 1.82) is 0 Å². The smallest absolute Gasteiger partial charge is 0.306 e. The third kappa shape index (κ3) is 5.56. The molecule has 4 heterocycles. The number of hydrogen-bond donors (Lipinski definition) is 4. The second-order valence-electron chi connectivity index (χ2n) is 10.9. The van der Waals surface area contributed by atoms with Gasteiger partial charge in [-0.15, -0.1) is 0 Å². The first-order valence-electron chi connectivity index (χ1n) is 14.3. The molecule has 216 valence electrons. The Morgan fingerprint density at radius 2 is 1.51 bits per heavy atom. The van der Waals surface area contributed by atoms with Crippen molar-refractivity contribution in [2.75, 3.05) is 0 Å². The molecular formula is C33H40N4O4. The Bertz CT molecular complexity index is 1710. The molecule has 0 aromatic carbocycles. The first-order valence-corrected chi connectivity index (χ1v) is 14.3. The number of aliphatic imine (C=N–C) groups is 1. The van der Waals surface area contributed by atoms with Crippen LogP contribution in [-0.2, 0) is 27.2 Å². The van der Waals surface area contributed by atoms with Crippen molar-refractivity contribution in [2.45, 2.75) is 81.1 Å². The van der Waals surface area contributed by atoms with Crippen molar-refractivity contribution in [2.24, 2.45) is 10.9 Å². The zero-order chi connectivity index (χ0) is 30.2. The van der Waals surface area contributed by atoms with E-state index in [0.29, 0.717) is 24.1 Å². The van der Waals surface area contributed by atoms with Gasteiger partial charge in [-0.25, -0.2) is 4.99 Å². The molecule has 2 aliphatic rings. The van der Waals surface area contributed by atoms with Crippen molar-refractivity contribution < 1.29 is 19.5 Å². The minimum Gasteiger partial charge on any atom is -0.481 e. The Kier molecular flexibility index (Phi) is 8.52. The Labute approximate surface area is 240 Å². The average molecular weight is 557 g/mol. The summed E-state index contributed by atoms with van der Waals surface area (Å²) in [6.07, 6.45) is 8.54. The summed E-state index contributed by atoms with van der Waals surface area (Å²) in [5.74, 6) is -1.71. The zero-order valence-electron chi connectivity index (χ0n) is 25.3. The van der Waals surface area contributed by atoms with Gasteiger partial charge < -0.3 is 20.4 Å². The van der Waals surface area contributed by atoms with Gasteiger partial charge in [0.25, 0.3) is 11.8 Å². The molecule has 1 unspecified atom stereocenters. The summed E-state index contributed by atoms with van der Waals surface area (Å²) in [5.41, 5.74) is 10.8. The first kappa shape index (κ1) is 29.8. The molecule has 0 saturated heterocycles. The van der Waals surface area contributed by atoms with Crippen LogP contribution in [0.3, 0.4) is 0 Å². The van der Waals surface area contributed by atoms with Gasteiger partial charge in [0.1, 0.15) is 0 Å². The van der Waals surface area contributed by atoms with Crippen LogP contribution in [0.1, 0.15) is 88.0 Å². The molecule has 2 amide bonds. The molecule has 41 heavy (non-hydrogen) atoms. The predicted molar refractivity (Wildman–Crippen MR) is 163 cm³/mol. The van der Waals surface area contributed by atoms with Gasteiger partial charge in [-0.1, -0.05) is 27.7 Å². The van der Waals surface area contributed by atoms with Gasteiger partial charge in [-0.3, -0.25) is 14.4 Å². The van der Waals surface area contributed by atoms with Crippen molar-refractivity contribution >= 4 is 41.7 Å². The van der Waals surface area contributed by atoms with E-state index in [2.05, 4.69) is 34.1 Å². The number of aromatic amines is 2. The third-order valence-corrected chi connectivity index (χ3v) is 8.42. The number of nitrogens with one attached hydrogen (secondary N) is 3. The largest absolute Gasteiger partial charge is 0.481 e. The maximum atomic E-state index is 12.3. The molecule has 4 N–H and O–H groups in total. The fourth-order valence-corrected chi connectivity index (χ4v) is 5.79. The average Bonchev–Trinajstić information content (AvgIpc) is 3.57. The molecule has 0 bridgehead atoms. The lowest BCUT2D eigenvalue weighted by molar-refractivity contribution is -0.141. The maximum Gasteiger partial charge on any atom is 0.306 e. The van der Waals surface area contributed by atoms with Gasteiger partial charge >= 0.3 is 5.97 Å². The summed E-state index contributed by atoms with van der Waals surface area (Å²) < 4.78 is 0. The molecule has 4 rings (SSSR count). The Morgan fingerprint density at radius 1 is 0.829 bits per heavy atom. The van der Waals surface area contributed by atoms with Crippen LogP contribution in [0.25, 0.3) is 18.2 Å². The third-order valence-electron chi connectivity index (χ3n) is 8.42. The van der Waals surface area contributed by atoms with Gasteiger partial charge in [0.05, 0.1) is 11.6 Å². The van der Waals surface area contributed by atoms with Crippen LogP contribution in [0, 0.1) is 19.8 Å². The van der Waals surface area contributed by atoms with Crippen LogP contribution in [0.5, 0.6) is 0 Å². The fraction of sp³-hybridized carbons (Fsp3) is 0.394. The van der Waals surface area contributed by atoms with Gasteiger partial charge in [0.2, 0.25) is 0 Å². The number of carboxylic acid groups (broad SMARTS) is 1. The lowest BCUT2D eigenvalue weighted by atomic mass is 9.98. The Balaban J connectivity index is 1.90. The van der Waals surface area contributed by atoms with Gasteiger partial charge in [0, 0.05) is 38.9 Å². The fourth-order valence-electron chi connectivity index (χ4n) is 5.79. The molecule has 8 heteroatoms. The molecule has 0 radical (unpaired) electrons. The SMILES string of the molecule is CCC1=C(C)C(=O)N=C1/C=c1\[nH]/c(=C/c2[nH]c(/C=C3\NC(=O)C(C)=C3CC)c(C)c2CC)c(CC(C)C(=O)O)c1C. The van der Waals surface area contributed by atoms with Crippen molar-refractivity contribution in [1.82, 2.24) is 15.3 Å². The maximum absolute atomic E-state index is 12.3. The summed E-state index contributed by atoms with van der Waals surface area (Å²) in [5, 5.41) is 14.3. The van der Waals surface area contributed by atoms with E-state index in [4.69, 9.17) is 0 Å². The number of aromatic nitrogens is 2. The van der Waals surface area contributed by atoms with E-state index in [1.54, 1.807) is 13.8 Å². The summed E-state index contributed by atoms with van der Waals surface area (Å²) in [4.78, 5) is 47.7. The number of nitrogens with zero attached hydrogens (tertiary/aromatic N) is 1. The van der Waals surface area contributed by atoms with Crippen molar-refractivity contribution in [3.05, 3.63) is 72.3 Å². The van der Waals surface area contributed by atoms with E-state index in [0.717, 1.165) is 79.6 Å². The monoisotopic (exact) mass is 556 g/mol. The highest BCUT2D eigenvalue weighted by Gasteiger charge is 2.24. The molecule has 0 spiro atoms. The van der Waals surface area contributed by atoms with E-state index in [1.807, 2.05) is 45.9 Å². The summed E-state index contributed by atoms with van der Waals surface area (Å²) in [6, 6.07) is 0. The summed E-state index contributed by atoms with van der Waals surface area (Å²) >= 11 is 0. The van der Waals surface area contributed by atoms with Crippen LogP contribution in [0.4, 0.5) is 0 Å². The molecular weight excluding hydrogens is 516 g/mol. The molecule has 2 aromatic rings. The lowest BCUT2D eigenvalue weighted by Gasteiger charge is -2.06. The minimum atomic E-state index is -0.854. The minimum absolute atomic E-state index is 0.0625. The van der Waals surface area contributed by atoms with Crippen molar-refractivity contribution in [3.8, 4) is 0 Å². The number of hydrogen-bond acceptors (Lipinski definition) is 3. The quantitative estimate of drug-likeness (QED) is 0.367. The second-order valence-corrected chi connectivity index (χ2v) is 10.9. The van der Waals surface area contributed by atoms with Gasteiger partial charge in [-0.2, -0.15) is 0 Å². The second kappa shape index (κ2) is 11.7. The summed E-state index contributed by atoms with van der Waals surface area (Å²) in [7, 11) is 0. The number of allylic oxidation sites excluding steroid dienone is 2. The standard InChI is InChI=1S/C33H40N4O4/c1-9-21-17(5)25(13-28-22(10-2)19(7)31(38)36-28)34-27(21)15-30-24(12-16(4)33(40)41)18(6)26(35-30)14-29-23(11-3)20(8)32(39)37-29/h13-16,34-35H,9-12H2,1-8H3,(H,36,38)(H,40,41)/b26-14-,28-13-,30-15+. The van der Waals surface area contributed by atoms with Gasteiger partial charge in [0.15, 0.2) is 0 Å². The number of H-pyrrole nitrogens is 2. The topological polar surface area (TPSA) is 127 Å². The highest BCUT2D eigenvalue weighted by Crippen LogP contribution is 2.28. The van der Waals surface area contributed by atoms with Crippen LogP contribution < -0.4 is 16.0 Å². The van der Waals surface area contributed by atoms with Crippen molar-refractivity contribution in [3.63, 3.8) is 0 Å². The highest BCUT2D eigenvalue weighted by molar-refractivity contribution is 6.30. The number of aliphatic carboxylic acids is 1. The van der Waals surface area contributed by atoms with Crippen LogP contribution in [0.15, 0.2) is 33.0 Å². The normalized spacial score (nSPS) is 18.3. The molecule has 0 aliphatic carbocycles. The van der Waals surface area contributed by atoms with E-state index in [1.165, 1.54) is 0 Å². The van der Waals surface area contributed by atoms with Crippen LogP contribution >= 0.6 is 0 Å². The first-order chi connectivity index (χ1) is 19.4. The molecule has 8 nitrogen and oxygen atoms in total. The van der Waals surface area contributed by atoms with E-state index in [-0.39, 0.29) is 11.8 Å². The highest BCUT2D eigenvalue weighted by atomic mass is 16.4. The zero-order valence-corrected chi connectivity index (χ0v) is 25.3. The van der Waals surface area contributed by atoms with E-state index < -0.39 is 11.9 Å². The van der Waals surface area contributed by atoms with Gasteiger partial charge in [-0.05, 0) is 105 Å². The molecule has 0 saturated carbocycles. The molecule has 0 fully saturated rings. The number of carbonyl (C=O) groups excluding carboxylic acids is 2. The molecule has 2 aromatic heterocycles. The number of carbonyl (C=O) groups is 3. The molecule has 2 aliphatic heterocycles. The summed E-state index contributed by atoms with van der Waals surface area (Å²) in [6.45, 7) is 15.6. The number of amides is 2.